The molecule has 2 aliphatic rings. The Morgan fingerprint density at radius 1 is 0.927 bits per heavy atom. The molecule has 1 aromatic carbocycles. The number of carbonyl (C=O) groups is 5. The van der Waals surface area contributed by atoms with Gasteiger partial charge in [-0.05, 0) is 59.9 Å². The van der Waals surface area contributed by atoms with Crippen molar-refractivity contribution in [3.05, 3.63) is 35.9 Å². The second kappa shape index (κ2) is 13.1. The van der Waals surface area contributed by atoms with Crippen LogP contribution in [0.25, 0.3) is 0 Å². The molecule has 0 aliphatic carbocycles. The number of benzene rings is 1. The summed E-state index contributed by atoms with van der Waals surface area (Å²) in [6.45, 7) is 10.2. The first kappa shape index (κ1) is 31.5. The summed E-state index contributed by atoms with van der Waals surface area (Å²) in [6, 6.07) is 6.65. The maximum atomic E-state index is 13.0. The Kier molecular flexibility index (Phi) is 10.0. The van der Waals surface area contributed by atoms with Crippen molar-refractivity contribution in [2.24, 2.45) is 0 Å². The third kappa shape index (κ3) is 9.52. The average Bonchev–Trinajstić information content (AvgIpc) is 3.11. The van der Waals surface area contributed by atoms with Crippen molar-refractivity contribution in [2.45, 2.75) is 90.3 Å². The van der Waals surface area contributed by atoms with E-state index in [4.69, 9.17) is 14.3 Å². The summed E-state index contributed by atoms with van der Waals surface area (Å²) in [7, 11) is 0. The first-order chi connectivity index (χ1) is 19.1. The first-order valence-corrected chi connectivity index (χ1v) is 13.5. The van der Waals surface area contributed by atoms with E-state index < -0.39 is 53.3 Å². The highest BCUT2D eigenvalue weighted by Crippen LogP contribution is 2.30. The van der Waals surface area contributed by atoms with Crippen molar-refractivity contribution < 1.29 is 38.3 Å². The molecule has 226 valence electrons. The van der Waals surface area contributed by atoms with Gasteiger partial charge in [0.1, 0.15) is 29.9 Å². The summed E-state index contributed by atoms with van der Waals surface area (Å²) in [4.78, 5) is 70.5. The number of urea groups is 1. The zero-order chi connectivity index (χ0) is 30.4. The second-order valence-electron chi connectivity index (χ2n) is 11.8. The van der Waals surface area contributed by atoms with Crippen LogP contribution < -0.4 is 21.5 Å². The number of amides is 6. The van der Waals surface area contributed by atoms with Crippen LogP contribution in [-0.2, 0) is 30.5 Å². The minimum absolute atomic E-state index is 0.189. The highest BCUT2D eigenvalue weighted by Gasteiger charge is 2.48. The van der Waals surface area contributed by atoms with E-state index >= 15 is 0 Å². The van der Waals surface area contributed by atoms with Gasteiger partial charge in [0.2, 0.25) is 0 Å². The molecular formula is C27H40N6O8. The van der Waals surface area contributed by atoms with Crippen LogP contribution >= 0.6 is 0 Å². The molecule has 2 aliphatic heterocycles. The summed E-state index contributed by atoms with van der Waals surface area (Å²) in [5.41, 5.74) is 3.89. The van der Waals surface area contributed by atoms with E-state index in [2.05, 4.69) is 21.5 Å². The van der Waals surface area contributed by atoms with Crippen LogP contribution in [0, 0.1) is 0 Å². The van der Waals surface area contributed by atoms with Crippen LogP contribution in [0.4, 0.5) is 14.4 Å². The molecule has 2 bridgehead atoms. The lowest BCUT2D eigenvalue weighted by atomic mass is 10.0. The lowest BCUT2D eigenvalue weighted by molar-refractivity contribution is -0.140. The molecule has 6 amide bonds. The molecule has 0 aromatic heterocycles. The van der Waals surface area contributed by atoms with Gasteiger partial charge in [0.05, 0.1) is 12.6 Å². The van der Waals surface area contributed by atoms with E-state index in [0.29, 0.717) is 19.4 Å². The number of hydroxylamine groups is 2. The molecule has 0 saturated carbocycles. The quantitative estimate of drug-likeness (QED) is 0.341. The number of hydrogen-bond donors (Lipinski definition) is 4. The highest BCUT2D eigenvalue weighted by molar-refractivity contribution is 5.92. The van der Waals surface area contributed by atoms with Crippen molar-refractivity contribution in [3.63, 3.8) is 0 Å². The highest BCUT2D eigenvalue weighted by atomic mass is 16.7. The van der Waals surface area contributed by atoms with Crippen LogP contribution in [-0.4, -0.2) is 82.4 Å². The largest absolute Gasteiger partial charge is 0.444 e. The van der Waals surface area contributed by atoms with Gasteiger partial charge in [-0.2, -0.15) is 5.06 Å². The van der Waals surface area contributed by atoms with E-state index in [-0.39, 0.29) is 19.2 Å². The number of carbonyl (C=O) groups excluding carboxylic acids is 5. The van der Waals surface area contributed by atoms with Crippen LogP contribution in [0.2, 0.25) is 0 Å². The van der Waals surface area contributed by atoms with Crippen molar-refractivity contribution in [1.82, 2.24) is 31.4 Å². The Hall–Kier alpha value is -4.07. The lowest BCUT2D eigenvalue weighted by Gasteiger charge is -2.29. The standard InChI is InChI=1S/C27H40N6O8/c1-26(2,3)40-23(36)28-14-19(29-24(37)41-27(4,5)6)21(34)30-31-22(35)20-13-12-18-15-32(20)25(38)33(18)39-16-17-10-8-7-9-11-17/h7-11,18-20H,12-16H2,1-6H3,(H,28,36)(H,29,37)(H,30,34)(H,31,35)/t18?,19?,20-/m0/s1. The van der Waals surface area contributed by atoms with Crippen LogP contribution in [0.3, 0.4) is 0 Å². The number of nitrogens with one attached hydrogen (secondary N) is 4. The van der Waals surface area contributed by atoms with Gasteiger partial charge in [-0.15, -0.1) is 0 Å². The first-order valence-electron chi connectivity index (χ1n) is 13.5. The van der Waals surface area contributed by atoms with Gasteiger partial charge < -0.3 is 25.0 Å². The van der Waals surface area contributed by atoms with Crippen molar-refractivity contribution in [1.29, 1.82) is 0 Å². The maximum absolute atomic E-state index is 13.0. The number of alkyl carbamates (subject to hydrolysis) is 2. The minimum Gasteiger partial charge on any atom is -0.444 e. The summed E-state index contributed by atoms with van der Waals surface area (Å²) in [5.74, 6) is -1.43. The SMILES string of the molecule is CC(C)(C)OC(=O)NCC(NC(=O)OC(C)(C)C)C(=O)NNC(=O)[C@@H]1CCC2CN1C(=O)N2OCc1ccccc1. The molecule has 14 nitrogen and oxygen atoms in total. The summed E-state index contributed by atoms with van der Waals surface area (Å²) < 4.78 is 10.4. The van der Waals surface area contributed by atoms with E-state index in [1.807, 2.05) is 30.3 Å². The molecule has 14 heteroatoms. The van der Waals surface area contributed by atoms with E-state index in [1.54, 1.807) is 41.5 Å². The summed E-state index contributed by atoms with van der Waals surface area (Å²) in [6.07, 6.45) is -0.797. The van der Waals surface area contributed by atoms with Gasteiger partial charge in [0, 0.05) is 6.54 Å². The van der Waals surface area contributed by atoms with Crippen LogP contribution in [0.15, 0.2) is 30.3 Å². The fourth-order valence-electron chi connectivity index (χ4n) is 4.24. The number of nitrogens with zero attached hydrogens (tertiary/aromatic N) is 2. The van der Waals surface area contributed by atoms with Gasteiger partial charge in [0.25, 0.3) is 11.8 Å². The van der Waals surface area contributed by atoms with E-state index in [1.165, 1.54) is 9.96 Å². The van der Waals surface area contributed by atoms with Crippen LogP contribution in [0.1, 0.15) is 59.9 Å². The Labute approximate surface area is 239 Å². The molecule has 2 heterocycles. The monoisotopic (exact) mass is 576 g/mol. The molecule has 0 spiro atoms. The molecule has 4 N–H and O–H groups in total. The van der Waals surface area contributed by atoms with Gasteiger partial charge in [-0.1, -0.05) is 30.3 Å². The normalized spacial score (nSPS) is 19.2. The fraction of sp³-hybridized carbons (Fsp3) is 0.593. The van der Waals surface area contributed by atoms with Gasteiger partial charge >= 0.3 is 18.2 Å². The zero-order valence-electron chi connectivity index (χ0n) is 24.3. The summed E-state index contributed by atoms with van der Waals surface area (Å²) >= 11 is 0. The Bertz CT molecular complexity index is 1120. The molecule has 3 rings (SSSR count). The number of rotatable bonds is 8. The molecule has 41 heavy (non-hydrogen) atoms. The number of piperidine rings is 1. The topological polar surface area (TPSA) is 168 Å². The number of hydrazine groups is 1. The van der Waals surface area contributed by atoms with Crippen LogP contribution in [0.5, 0.6) is 0 Å². The second-order valence-corrected chi connectivity index (χ2v) is 11.8. The number of ether oxygens (including phenoxy) is 2. The number of hydrogen-bond acceptors (Lipinski definition) is 8. The summed E-state index contributed by atoms with van der Waals surface area (Å²) in [5, 5.41) is 6.11. The lowest BCUT2D eigenvalue weighted by Crippen LogP contribution is -2.59. The maximum Gasteiger partial charge on any atom is 0.408 e. The molecule has 2 saturated heterocycles. The van der Waals surface area contributed by atoms with Crippen molar-refractivity contribution >= 4 is 30.0 Å². The average molecular weight is 577 g/mol. The Morgan fingerprint density at radius 2 is 1.56 bits per heavy atom. The van der Waals surface area contributed by atoms with Gasteiger partial charge in [-0.3, -0.25) is 25.3 Å². The minimum atomic E-state index is -1.32. The molecule has 3 atom stereocenters. The third-order valence-electron chi connectivity index (χ3n) is 6.00. The smallest absolute Gasteiger partial charge is 0.408 e. The van der Waals surface area contributed by atoms with Gasteiger partial charge in [0.15, 0.2) is 0 Å². The third-order valence-corrected chi connectivity index (χ3v) is 6.00. The van der Waals surface area contributed by atoms with Gasteiger partial charge in [-0.25, -0.2) is 14.4 Å². The zero-order valence-corrected chi connectivity index (χ0v) is 24.3. The number of fused-ring (bicyclic) bond motifs is 2. The van der Waals surface area contributed by atoms with E-state index in [9.17, 15) is 24.0 Å². The molecule has 2 fully saturated rings. The molecule has 0 radical (unpaired) electrons. The Morgan fingerprint density at radius 3 is 2.20 bits per heavy atom. The van der Waals surface area contributed by atoms with Crippen molar-refractivity contribution in [2.75, 3.05) is 13.1 Å². The predicted molar refractivity (Wildman–Crippen MR) is 146 cm³/mol. The van der Waals surface area contributed by atoms with Crippen molar-refractivity contribution in [3.8, 4) is 0 Å². The Balaban J connectivity index is 1.56. The van der Waals surface area contributed by atoms with E-state index in [0.717, 1.165) is 5.56 Å². The predicted octanol–water partition coefficient (Wildman–Crippen LogP) is 1.95. The fourth-order valence-corrected chi connectivity index (χ4v) is 4.24. The molecule has 1 aromatic rings. The molecular weight excluding hydrogens is 536 g/mol. The molecule has 2 unspecified atom stereocenters.